The van der Waals surface area contributed by atoms with Crippen LogP contribution in [0.2, 0.25) is 0 Å². The largest absolute Gasteiger partial charge is 0.481 e. The topological polar surface area (TPSA) is 163 Å². The molecule has 3 heterocycles. The Kier molecular flexibility index (Phi) is 5.19. The van der Waals surface area contributed by atoms with Crippen LogP contribution >= 0.6 is 23.1 Å². The number of amides is 2. The van der Waals surface area contributed by atoms with Crippen LogP contribution in [0.5, 0.6) is 0 Å². The number of hydrogen-bond donors (Lipinski definition) is 4. The van der Waals surface area contributed by atoms with Crippen LogP contribution in [0.4, 0.5) is 5.13 Å². The van der Waals surface area contributed by atoms with Crippen molar-refractivity contribution in [1.82, 2.24) is 15.2 Å². The Morgan fingerprint density at radius 3 is 2.74 bits per heavy atom. The summed E-state index contributed by atoms with van der Waals surface area (Å²) in [5.41, 5.74) is 5.66. The molecule has 5 N–H and O–H groups in total. The fourth-order valence-corrected chi connectivity index (χ4v) is 4.43. The number of anilines is 1. The third-order valence-electron chi connectivity index (χ3n) is 3.88. The second-order valence-corrected chi connectivity index (χ2v) is 7.60. The molecule has 2 aliphatic rings. The molecule has 2 amide bonds. The monoisotopic (exact) mass is 410 g/mol. The van der Waals surface area contributed by atoms with Gasteiger partial charge in [-0.1, -0.05) is 6.08 Å². The highest BCUT2D eigenvalue weighted by molar-refractivity contribution is 8.00. The zero-order valence-corrected chi connectivity index (χ0v) is 15.2. The third kappa shape index (κ3) is 3.66. The molecule has 0 bridgehead atoms. The van der Waals surface area contributed by atoms with Gasteiger partial charge in [0.15, 0.2) is 5.13 Å². The molecule has 1 saturated heterocycles. The number of carboxylic acid groups (broad SMARTS) is 2. The van der Waals surface area contributed by atoms with E-state index in [1.165, 1.54) is 29.3 Å². The van der Waals surface area contributed by atoms with Crippen LogP contribution in [-0.4, -0.2) is 61.0 Å². The lowest BCUT2D eigenvalue weighted by Crippen LogP contribution is -2.70. The van der Waals surface area contributed by atoms with Crippen LogP contribution in [0.25, 0.3) is 5.57 Å². The highest BCUT2D eigenvalue weighted by Gasteiger charge is 2.52. The zero-order valence-electron chi connectivity index (χ0n) is 13.6. The molecule has 0 aliphatic carbocycles. The van der Waals surface area contributed by atoms with Gasteiger partial charge in [-0.25, -0.2) is 9.78 Å². The van der Waals surface area contributed by atoms with Gasteiger partial charge in [0.25, 0.3) is 11.8 Å². The minimum Gasteiger partial charge on any atom is -0.481 e. The Balaban J connectivity index is 1.78. The van der Waals surface area contributed by atoms with Crippen molar-refractivity contribution < 1.29 is 29.4 Å². The number of thiazole rings is 1. The molecule has 1 aromatic rings. The Hall–Kier alpha value is -2.86. The van der Waals surface area contributed by atoms with Crippen LogP contribution in [0, 0.1) is 0 Å². The SMILES string of the molecule is Nc1nc(/C(=C/CC(=O)O)C(=O)N[C@@H]2C(=O)N3C(C(=O)O)=CCS[C@@H]23)cs1. The zero-order chi connectivity index (χ0) is 19.7. The standard InChI is InChI=1S/C15H14N4O6S2/c16-15-17-7(5-27-15)6(1-2-9(20)21)11(22)18-10-12(23)19-8(14(24)25)3-4-26-13(10)19/h1,3,5,10,13H,2,4H2,(H2,16,17)(H,18,22)(H,20,21)(H,24,25)/b6-1-/t10-,13+/m1/s1. The number of carbonyl (C=O) groups is 4. The lowest BCUT2D eigenvalue weighted by atomic mass is 10.0. The predicted octanol–water partition coefficient (Wildman–Crippen LogP) is -0.0482. The lowest BCUT2D eigenvalue weighted by molar-refractivity contribution is -0.150. The molecule has 0 saturated carbocycles. The lowest BCUT2D eigenvalue weighted by Gasteiger charge is -2.48. The fourth-order valence-electron chi connectivity index (χ4n) is 2.67. The van der Waals surface area contributed by atoms with Gasteiger partial charge in [-0.05, 0) is 6.08 Å². The van der Waals surface area contributed by atoms with Gasteiger partial charge in [0, 0.05) is 11.1 Å². The number of rotatable bonds is 6. The molecule has 2 atom stereocenters. The summed E-state index contributed by atoms with van der Waals surface area (Å²) < 4.78 is 0. The number of aliphatic carboxylic acids is 2. The smallest absolute Gasteiger partial charge is 0.352 e. The van der Waals surface area contributed by atoms with E-state index < -0.39 is 41.6 Å². The molecule has 0 aromatic carbocycles. The average Bonchev–Trinajstić information content (AvgIpc) is 3.04. The summed E-state index contributed by atoms with van der Waals surface area (Å²) >= 11 is 2.41. The molecule has 3 rings (SSSR count). The number of hydrogen-bond acceptors (Lipinski definition) is 8. The Morgan fingerprint density at radius 2 is 2.15 bits per heavy atom. The summed E-state index contributed by atoms with van der Waals surface area (Å²) in [4.78, 5) is 52.1. The number of nitrogens with zero attached hydrogens (tertiary/aromatic N) is 2. The van der Waals surface area contributed by atoms with E-state index in [1.807, 2.05) is 0 Å². The van der Waals surface area contributed by atoms with Crippen LogP contribution in [0.3, 0.4) is 0 Å². The van der Waals surface area contributed by atoms with E-state index in [0.29, 0.717) is 5.75 Å². The molecular formula is C15H14N4O6S2. The highest BCUT2D eigenvalue weighted by Crippen LogP contribution is 2.37. The molecule has 142 valence electrons. The van der Waals surface area contributed by atoms with Crippen molar-refractivity contribution in [2.24, 2.45) is 0 Å². The average molecular weight is 410 g/mol. The van der Waals surface area contributed by atoms with E-state index in [4.69, 9.17) is 15.9 Å². The van der Waals surface area contributed by atoms with Gasteiger partial charge < -0.3 is 21.3 Å². The van der Waals surface area contributed by atoms with Crippen LogP contribution in [0.1, 0.15) is 12.1 Å². The molecule has 2 aliphatic heterocycles. The minimum absolute atomic E-state index is 0.00795. The van der Waals surface area contributed by atoms with Crippen molar-refractivity contribution >= 4 is 57.6 Å². The van der Waals surface area contributed by atoms with Crippen LogP contribution in [0.15, 0.2) is 23.2 Å². The number of thioether (sulfide) groups is 1. The van der Waals surface area contributed by atoms with E-state index >= 15 is 0 Å². The number of β-lactam (4-membered cyclic amide) rings is 1. The summed E-state index contributed by atoms with van der Waals surface area (Å²) in [6.45, 7) is 0. The van der Waals surface area contributed by atoms with Gasteiger partial charge >= 0.3 is 11.9 Å². The molecule has 10 nitrogen and oxygen atoms in total. The van der Waals surface area contributed by atoms with Crippen molar-refractivity contribution in [2.45, 2.75) is 17.8 Å². The molecule has 1 fully saturated rings. The van der Waals surface area contributed by atoms with Crippen molar-refractivity contribution in [1.29, 1.82) is 0 Å². The summed E-state index contributed by atoms with van der Waals surface area (Å²) in [7, 11) is 0. The summed E-state index contributed by atoms with van der Waals surface area (Å²) in [5, 5.41) is 21.8. The number of aromatic nitrogens is 1. The quantitative estimate of drug-likeness (QED) is 0.372. The first-order valence-corrected chi connectivity index (χ1v) is 9.54. The van der Waals surface area contributed by atoms with Gasteiger partial charge in [0.2, 0.25) is 0 Å². The highest BCUT2D eigenvalue weighted by atomic mass is 32.2. The molecule has 0 spiro atoms. The number of nitrogens with one attached hydrogen (secondary N) is 1. The summed E-state index contributed by atoms with van der Waals surface area (Å²) in [6, 6.07) is -0.908. The first-order chi connectivity index (χ1) is 12.8. The first-order valence-electron chi connectivity index (χ1n) is 7.62. The predicted molar refractivity (Wildman–Crippen MR) is 97.5 cm³/mol. The molecule has 1 aromatic heterocycles. The van der Waals surface area contributed by atoms with Crippen LogP contribution < -0.4 is 11.1 Å². The van der Waals surface area contributed by atoms with Gasteiger partial charge in [0.05, 0.1) is 17.7 Å². The van der Waals surface area contributed by atoms with Gasteiger partial charge in [0.1, 0.15) is 17.1 Å². The van der Waals surface area contributed by atoms with E-state index in [9.17, 15) is 19.2 Å². The number of fused-ring (bicyclic) bond motifs is 1. The fraction of sp³-hybridized carbons (Fsp3) is 0.267. The molecule has 0 unspecified atom stereocenters. The third-order valence-corrected chi connectivity index (χ3v) is 5.73. The normalized spacial score (nSPS) is 21.8. The molecule has 27 heavy (non-hydrogen) atoms. The van der Waals surface area contributed by atoms with Gasteiger partial charge in [-0.2, -0.15) is 0 Å². The van der Waals surface area contributed by atoms with Crippen molar-refractivity contribution in [3.8, 4) is 0 Å². The minimum atomic E-state index is -1.21. The number of nitrogen functional groups attached to an aromatic ring is 1. The van der Waals surface area contributed by atoms with Gasteiger partial charge in [-0.15, -0.1) is 23.1 Å². The maximum atomic E-state index is 12.6. The molecule has 0 radical (unpaired) electrons. The van der Waals surface area contributed by atoms with Crippen LogP contribution in [-0.2, 0) is 19.2 Å². The van der Waals surface area contributed by atoms with E-state index in [-0.39, 0.29) is 22.1 Å². The molecular weight excluding hydrogens is 396 g/mol. The maximum absolute atomic E-state index is 12.6. The van der Waals surface area contributed by atoms with Gasteiger partial charge in [-0.3, -0.25) is 19.3 Å². The second kappa shape index (κ2) is 7.40. The van der Waals surface area contributed by atoms with Crippen molar-refractivity contribution in [2.75, 3.05) is 11.5 Å². The summed E-state index contributed by atoms with van der Waals surface area (Å²) in [6.07, 6.45) is 2.23. The maximum Gasteiger partial charge on any atom is 0.352 e. The second-order valence-electron chi connectivity index (χ2n) is 5.56. The van der Waals surface area contributed by atoms with E-state index in [1.54, 1.807) is 0 Å². The Morgan fingerprint density at radius 1 is 1.41 bits per heavy atom. The number of nitrogens with two attached hydrogens (primary N) is 1. The molecule has 12 heteroatoms. The van der Waals surface area contributed by atoms with Crippen molar-refractivity contribution in [3.63, 3.8) is 0 Å². The number of carboxylic acids is 2. The summed E-state index contributed by atoms with van der Waals surface area (Å²) in [5.74, 6) is -3.16. The number of carbonyl (C=O) groups excluding carboxylic acids is 2. The van der Waals surface area contributed by atoms with E-state index in [0.717, 1.165) is 16.2 Å². The first kappa shape index (κ1) is 18.9. The Labute approximate surface area is 160 Å². The van der Waals surface area contributed by atoms with Crippen molar-refractivity contribution in [3.05, 3.63) is 28.9 Å². The van der Waals surface area contributed by atoms with E-state index in [2.05, 4.69) is 10.3 Å². The Bertz CT molecular complexity index is 893.